The van der Waals surface area contributed by atoms with E-state index in [1.807, 2.05) is 25.5 Å². The van der Waals surface area contributed by atoms with Gasteiger partial charge in [0.15, 0.2) is 0 Å². The summed E-state index contributed by atoms with van der Waals surface area (Å²) in [4.78, 5) is 18.7. The number of nitrogens with zero attached hydrogens (tertiary/aromatic N) is 1. The zero-order valence-corrected chi connectivity index (χ0v) is 20.8. The Bertz CT molecular complexity index is 1060. The van der Waals surface area contributed by atoms with Crippen LogP contribution in [0.3, 0.4) is 0 Å². The molecule has 4 rings (SSSR count). The zero-order valence-electron chi connectivity index (χ0n) is 19.2. The average molecular weight is 464 g/mol. The number of aryl methyl sites for hydroxylation is 3. The van der Waals surface area contributed by atoms with Crippen LogP contribution in [0.1, 0.15) is 34.4 Å². The molecule has 1 saturated carbocycles. The lowest BCUT2D eigenvalue weighted by Crippen LogP contribution is -2.35. The number of urea groups is 1. The number of nitrogens with one attached hydrogen (secondary N) is 2. The Kier molecular flexibility index (Phi) is 6.54. The van der Waals surface area contributed by atoms with E-state index in [9.17, 15) is 4.79 Å². The normalized spacial score (nSPS) is 16.5. The fraction of sp³-hybridized carbons (Fsp3) is 0.308. The maximum absolute atomic E-state index is 13.1. The molecule has 0 spiro atoms. The molecule has 1 atom stereocenters. The third kappa shape index (κ3) is 4.39. The predicted molar refractivity (Wildman–Crippen MR) is 136 cm³/mol. The standard InChI is InChI=1S/C26H29N3OS2/c1-16-6-10-19(11-7-16)26(20-12-8-17(2)9-13-20)15-22(26)28-25(30)29-23-21(31-4)14-18(3)27-24(23)32-5/h6-14,22H,15H2,1-5H3,(H2,28,29,30). The summed E-state index contributed by atoms with van der Waals surface area (Å²) in [6.07, 6.45) is 4.88. The van der Waals surface area contributed by atoms with Crippen LogP contribution in [0.5, 0.6) is 0 Å². The Morgan fingerprint density at radius 1 is 0.938 bits per heavy atom. The van der Waals surface area contributed by atoms with Crippen molar-refractivity contribution in [3.05, 3.63) is 82.5 Å². The number of anilines is 1. The van der Waals surface area contributed by atoms with Crippen LogP contribution in [0.4, 0.5) is 10.5 Å². The number of hydrogen-bond donors (Lipinski definition) is 2. The minimum absolute atomic E-state index is 0.0294. The second kappa shape index (κ2) is 9.20. The molecule has 0 bridgehead atoms. The van der Waals surface area contributed by atoms with Gasteiger partial charge < -0.3 is 10.6 Å². The summed E-state index contributed by atoms with van der Waals surface area (Å²) in [5.74, 6) is 0. The lowest BCUT2D eigenvalue weighted by Gasteiger charge is -2.21. The van der Waals surface area contributed by atoms with Crippen molar-refractivity contribution in [1.82, 2.24) is 10.3 Å². The highest BCUT2D eigenvalue weighted by molar-refractivity contribution is 7.99. The number of carbonyl (C=O) groups is 1. The molecule has 1 aliphatic rings. The lowest BCUT2D eigenvalue weighted by atomic mass is 9.86. The molecule has 1 heterocycles. The van der Waals surface area contributed by atoms with E-state index in [4.69, 9.17) is 0 Å². The van der Waals surface area contributed by atoms with Gasteiger partial charge in [-0.15, -0.1) is 23.5 Å². The molecule has 0 aliphatic heterocycles. The molecule has 1 unspecified atom stereocenters. The highest BCUT2D eigenvalue weighted by Gasteiger charge is 2.57. The van der Waals surface area contributed by atoms with E-state index >= 15 is 0 Å². The number of rotatable bonds is 6. The van der Waals surface area contributed by atoms with Gasteiger partial charge in [0.1, 0.15) is 5.03 Å². The second-order valence-electron chi connectivity index (χ2n) is 8.41. The topological polar surface area (TPSA) is 54.0 Å². The van der Waals surface area contributed by atoms with Crippen LogP contribution >= 0.6 is 23.5 Å². The number of carbonyl (C=O) groups excluding carboxylic acids is 1. The Morgan fingerprint density at radius 3 is 2.00 bits per heavy atom. The SMILES string of the molecule is CSc1cc(C)nc(SC)c1NC(=O)NC1CC1(c1ccc(C)cc1)c1ccc(C)cc1. The summed E-state index contributed by atoms with van der Waals surface area (Å²) in [6, 6.07) is 19.2. The number of hydrogen-bond acceptors (Lipinski definition) is 4. The van der Waals surface area contributed by atoms with Crippen LogP contribution in [0.2, 0.25) is 0 Å². The molecule has 32 heavy (non-hydrogen) atoms. The summed E-state index contributed by atoms with van der Waals surface area (Å²) in [5.41, 5.74) is 6.48. The number of aromatic nitrogens is 1. The van der Waals surface area contributed by atoms with Gasteiger partial charge in [0.2, 0.25) is 0 Å². The Labute approximate surface area is 199 Å². The number of pyridine rings is 1. The third-order valence-electron chi connectivity index (χ3n) is 6.13. The third-order valence-corrected chi connectivity index (χ3v) is 7.57. The first kappa shape index (κ1) is 22.7. The van der Waals surface area contributed by atoms with E-state index in [-0.39, 0.29) is 17.5 Å². The van der Waals surface area contributed by atoms with E-state index in [2.05, 4.69) is 78.0 Å². The molecule has 166 valence electrons. The molecular weight excluding hydrogens is 434 g/mol. The van der Waals surface area contributed by atoms with Crippen molar-refractivity contribution in [3.63, 3.8) is 0 Å². The van der Waals surface area contributed by atoms with E-state index < -0.39 is 0 Å². The van der Waals surface area contributed by atoms with Crippen molar-refractivity contribution in [2.45, 2.75) is 48.6 Å². The highest BCUT2D eigenvalue weighted by atomic mass is 32.2. The van der Waals surface area contributed by atoms with E-state index in [1.165, 1.54) is 22.3 Å². The van der Waals surface area contributed by atoms with Gasteiger partial charge in [-0.25, -0.2) is 9.78 Å². The quantitative estimate of drug-likeness (QED) is 0.419. The Hall–Kier alpha value is -2.44. The summed E-state index contributed by atoms with van der Waals surface area (Å²) < 4.78 is 0. The average Bonchev–Trinajstić information content (AvgIpc) is 3.49. The van der Waals surface area contributed by atoms with Gasteiger partial charge in [-0.05, 0) is 56.9 Å². The molecular formula is C26H29N3OS2. The molecule has 0 radical (unpaired) electrons. The molecule has 6 heteroatoms. The molecule has 1 aromatic heterocycles. The van der Waals surface area contributed by atoms with Crippen molar-refractivity contribution in [1.29, 1.82) is 0 Å². The molecule has 3 aromatic rings. The van der Waals surface area contributed by atoms with Crippen LogP contribution in [-0.2, 0) is 5.41 Å². The number of thioether (sulfide) groups is 2. The predicted octanol–water partition coefficient (Wildman–Crippen LogP) is 6.33. The van der Waals surface area contributed by atoms with Gasteiger partial charge in [0, 0.05) is 22.0 Å². The van der Waals surface area contributed by atoms with Crippen LogP contribution in [0, 0.1) is 20.8 Å². The highest BCUT2D eigenvalue weighted by Crippen LogP contribution is 2.53. The molecule has 2 aromatic carbocycles. The Morgan fingerprint density at radius 2 is 1.50 bits per heavy atom. The maximum atomic E-state index is 13.1. The smallest absolute Gasteiger partial charge is 0.319 e. The van der Waals surface area contributed by atoms with Crippen molar-refractivity contribution < 1.29 is 4.79 Å². The largest absolute Gasteiger partial charge is 0.334 e. The fourth-order valence-electron chi connectivity index (χ4n) is 4.29. The van der Waals surface area contributed by atoms with Crippen LogP contribution in [0.25, 0.3) is 0 Å². The minimum atomic E-state index is -0.199. The first-order valence-electron chi connectivity index (χ1n) is 10.7. The summed E-state index contributed by atoms with van der Waals surface area (Å²) in [6.45, 7) is 6.17. The molecule has 2 N–H and O–H groups in total. The van der Waals surface area contributed by atoms with E-state index in [0.29, 0.717) is 0 Å². The first-order chi connectivity index (χ1) is 15.4. The maximum Gasteiger partial charge on any atom is 0.319 e. The molecule has 0 saturated heterocycles. The zero-order chi connectivity index (χ0) is 22.9. The van der Waals surface area contributed by atoms with Gasteiger partial charge in [-0.1, -0.05) is 59.7 Å². The number of amides is 2. The van der Waals surface area contributed by atoms with Crippen molar-refractivity contribution in [2.24, 2.45) is 0 Å². The summed E-state index contributed by atoms with van der Waals surface area (Å²) in [7, 11) is 0. The molecule has 2 amide bonds. The summed E-state index contributed by atoms with van der Waals surface area (Å²) in [5, 5.41) is 7.16. The van der Waals surface area contributed by atoms with Gasteiger partial charge in [-0.3, -0.25) is 0 Å². The van der Waals surface area contributed by atoms with Crippen molar-refractivity contribution in [2.75, 3.05) is 17.8 Å². The fourth-order valence-corrected chi connectivity index (χ4v) is 5.60. The van der Waals surface area contributed by atoms with Gasteiger partial charge in [0.25, 0.3) is 0 Å². The monoisotopic (exact) mass is 463 g/mol. The minimum Gasteiger partial charge on any atom is -0.334 e. The molecule has 1 fully saturated rings. The second-order valence-corrected chi connectivity index (χ2v) is 10.1. The van der Waals surface area contributed by atoms with Gasteiger partial charge >= 0.3 is 6.03 Å². The molecule has 1 aliphatic carbocycles. The van der Waals surface area contributed by atoms with E-state index in [1.54, 1.807) is 23.5 Å². The van der Waals surface area contributed by atoms with Crippen molar-refractivity contribution in [3.8, 4) is 0 Å². The molecule has 4 nitrogen and oxygen atoms in total. The van der Waals surface area contributed by atoms with Gasteiger partial charge in [-0.2, -0.15) is 0 Å². The van der Waals surface area contributed by atoms with Gasteiger partial charge in [0.05, 0.1) is 5.69 Å². The van der Waals surface area contributed by atoms with E-state index in [0.717, 1.165) is 27.7 Å². The number of benzene rings is 2. The van der Waals surface area contributed by atoms with Crippen LogP contribution in [0.15, 0.2) is 64.5 Å². The van der Waals surface area contributed by atoms with Crippen LogP contribution < -0.4 is 10.6 Å². The Balaban J connectivity index is 1.60. The van der Waals surface area contributed by atoms with Crippen molar-refractivity contribution >= 4 is 35.2 Å². The van der Waals surface area contributed by atoms with Crippen LogP contribution in [-0.4, -0.2) is 29.6 Å². The first-order valence-corrected chi connectivity index (χ1v) is 13.1. The summed E-state index contributed by atoms with van der Waals surface area (Å²) >= 11 is 3.16. The lowest BCUT2D eigenvalue weighted by molar-refractivity contribution is 0.251.